The fourth-order valence-corrected chi connectivity index (χ4v) is 5.74. The van der Waals surface area contributed by atoms with Crippen LogP contribution in [0.25, 0.3) is 17.0 Å². The summed E-state index contributed by atoms with van der Waals surface area (Å²) in [6.07, 6.45) is 2.84. The van der Waals surface area contributed by atoms with Gasteiger partial charge in [0.1, 0.15) is 23.1 Å². The van der Waals surface area contributed by atoms with Crippen LogP contribution >= 0.6 is 0 Å². The minimum atomic E-state index is -1.26. The summed E-state index contributed by atoms with van der Waals surface area (Å²) in [6.45, 7) is 2.09. The first-order valence-electron chi connectivity index (χ1n) is 12.0. The molecule has 3 aromatic heterocycles. The number of H-pyrrole nitrogens is 1. The zero-order chi connectivity index (χ0) is 26.0. The van der Waals surface area contributed by atoms with E-state index in [9.17, 15) is 14.9 Å². The fraction of sp³-hybridized carbons (Fsp3) is 0.148. The Labute approximate surface area is 215 Å². The van der Waals surface area contributed by atoms with Gasteiger partial charge < -0.3 is 15.2 Å². The monoisotopic (exact) mass is 501 g/mol. The third-order valence-electron chi connectivity index (χ3n) is 7.24. The van der Waals surface area contributed by atoms with Gasteiger partial charge in [0, 0.05) is 17.7 Å². The Balaban J connectivity index is 1.44. The molecule has 0 saturated carbocycles. The molecule has 1 spiro atoms. The number of hydrogen-bond acceptors (Lipinski definition) is 7. The summed E-state index contributed by atoms with van der Waals surface area (Å²) in [4.78, 5) is 45.3. The van der Waals surface area contributed by atoms with Crippen LogP contribution in [0.15, 0.2) is 61.2 Å². The molecule has 0 aliphatic carbocycles. The molecule has 0 saturated heterocycles. The number of hydrogen-bond donors (Lipinski definition) is 2. The first-order chi connectivity index (χ1) is 18.5. The van der Waals surface area contributed by atoms with Crippen molar-refractivity contribution >= 4 is 34.5 Å². The van der Waals surface area contributed by atoms with Gasteiger partial charge in [0.05, 0.1) is 30.2 Å². The Morgan fingerprint density at radius 2 is 1.97 bits per heavy atom. The standard InChI is InChI=1S/C27H19N9O2/c1-15-21-24(36(34-15)25-22-23(30-13-29-22)31-14-32-25)33-20(37)10-27(21)18-7-2-3-8-19(18)35(26(27)38)12-17-6-4-5-16(9-17)11-28/h2-9,13-14H,10,12H2,1H3,(H,33,37)(H,29,30,31,32)/t27-/m0/s1. The van der Waals surface area contributed by atoms with Gasteiger partial charge in [0.2, 0.25) is 11.8 Å². The predicted molar refractivity (Wildman–Crippen MR) is 136 cm³/mol. The van der Waals surface area contributed by atoms with E-state index < -0.39 is 5.41 Å². The molecule has 2 aliphatic heterocycles. The second-order valence-corrected chi connectivity index (χ2v) is 9.37. The normalized spacial score (nSPS) is 17.9. The molecule has 0 bridgehead atoms. The lowest BCUT2D eigenvalue weighted by molar-refractivity contribution is -0.126. The molecular formula is C27H19N9O2. The van der Waals surface area contributed by atoms with Crippen LogP contribution < -0.4 is 10.2 Å². The number of anilines is 2. The number of rotatable bonds is 3. The molecule has 2 aliphatic rings. The van der Waals surface area contributed by atoms with Crippen molar-refractivity contribution in [2.75, 3.05) is 10.2 Å². The van der Waals surface area contributed by atoms with Crippen LogP contribution in [0.3, 0.4) is 0 Å². The zero-order valence-electron chi connectivity index (χ0n) is 20.1. The van der Waals surface area contributed by atoms with E-state index in [4.69, 9.17) is 5.10 Å². The lowest BCUT2D eigenvalue weighted by Crippen LogP contribution is -2.46. The van der Waals surface area contributed by atoms with Crippen LogP contribution in [-0.4, -0.2) is 41.5 Å². The summed E-state index contributed by atoms with van der Waals surface area (Å²) in [6, 6.07) is 16.9. The van der Waals surface area contributed by atoms with Crippen LogP contribution in [0.2, 0.25) is 0 Å². The second kappa shape index (κ2) is 7.81. The van der Waals surface area contributed by atoms with Crippen LogP contribution in [0.1, 0.15) is 34.4 Å². The summed E-state index contributed by atoms with van der Waals surface area (Å²) in [7, 11) is 0. The zero-order valence-corrected chi connectivity index (χ0v) is 20.1. The Hall–Kier alpha value is -5.37. The second-order valence-electron chi connectivity index (χ2n) is 9.37. The minimum absolute atomic E-state index is 0.0552. The van der Waals surface area contributed by atoms with Crippen molar-refractivity contribution in [3.8, 4) is 11.9 Å². The number of carbonyl (C=O) groups is 2. The van der Waals surface area contributed by atoms with E-state index in [1.165, 1.54) is 12.7 Å². The Bertz CT molecular complexity index is 1850. The maximum atomic E-state index is 14.5. The van der Waals surface area contributed by atoms with E-state index in [0.717, 1.165) is 16.8 Å². The van der Waals surface area contributed by atoms with E-state index in [0.29, 0.717) is 39.6 Å². The van der Waals surface area contributed by atoms with Crippen LogP contribution in [0.5, 0.6) is 0 Å². The highest BCUT2D eigenvalue weighted by Crippen LogP contribution is 2.53. The molecule has 7 rings (SSSR count). The van der Waals surface area contributed by atoms with Gasteiger partial charge in [-0.05, 0) is 36.2 Å². The smallest absolute Gasteiger partial charge is 0.243 e. The molecule has 0 fully saturated rings. The van der Waals surface area contributed by atoms with Crippen molar-refractivity contribution < 1.29 is 9.59 Å². The van der Waals surface area contributed by atoms with Crippen molar-refractivity contribution in [3.05, 3.63) is 89.1 Å². The number of benzene rings is 2. The molecule has 2 N–H and O–H groups in total. The first kappa shape index (κ1) is 21.9. The molecule has 5 heterocycles. The summed E-state index contributed by atoms with van der Waals surface area (Å²) < 4.78 is 1.54. The van der Waals surface area contributed by atoms with Gasteiger partial charge in [-0.2, -0.15) is 15.0 Å². The number of nitrogens with one attached hydrogen (secondary N) is 2. The predicted octanol–water partition coefficient (Wildman–Crippen LogP) is 2.89. The van der Waals surface area contributed by atoms with Crippen molar-refractivity contribution in [2.45, 2.75) is 25.3 Å². The van der Waals surface area contributed by atoms with Gasteiger partial charge in [-0.25, -0.2) is 15.0 Å². The third kappa shape index (κ3) is 2.88. The van der Waals surface area contributed by atoms with Crippen molar-refractivity contribution in [1.29, 1.82) is 5.26 Å². The van der Waals surface area contributed by atoms with Gasteiger partial charge in [-0.1, -0.05) is 30.3 Å². The third-order valence-corrected chi connectivity index (χ3v) is 7.24. The molecular weight excluding hydrogens is 482 g/mol. The number of imidazole rings is 1. The highest BCUT2D eigenvalue weighted by atomic mass is 16.2. The van der Waals surface area contributed by atoms with Crippen LogP contribution in [-0.2, 0) is 21.5 Å². The molecule has 11 nitrogen and oxygen atoms in total. The number of fused-ring (bicyclic) bond motifs is 5. The minimum Gasteiger partial charge on any atom is -0.340 e. The molecule has 2 aromatic carbocycles. The Kier molecular flexibility index (Phi) is 4.50. The fourth-order valence-electron chi connectivity index (χ4n) is 5.74. The topological polar surface area (TPSA) is 145 Å². The number of carbonyl (C=O) groups excluding carboxylic acids is 2. The van der Waals surface area contributed by atoms with Gasteiger partial charge >= 0.3 is 0 Å². The molecule has 0 unspecified atom stereocenters. The van der Waals surface area contributed by atoms with E-state index in [1.54, 1.807) is 27.8 Å². The maximum Gasteiger partial charge on any atom is 0.243 e. The quantitative estimate of drug-likeness (QED) is 0.387. The van der Waals surface area contributed by atoms with Gasteiger partial charge in [-0.3, -0.25) is 9.59 Å². The maximum absolute atomic E-state index is 14.5. The summed E-state index contributed by atoms with van der Waals surface area (Å²) in [5.74, 6) is 0.294. The van der Waals surface area contributed by atoms with E-state index in [1.807, 2.05) is 37.3 Å². The van der Waals surface area contributed by atoms with Crippen molar-refractivity contribution in [3.63, 3.8) is 0 Å². The lowest BCUT2D eigenvalue weighted by Gasteiger charge is -2.33. The van der Waals surface area contributed by atoms with E-state index in [2.05, 4.69) is 31.3 Å². The number of para-hydroxylation sites is 1. The molecule has 11 heteroatoms. The number of aromatic nitrogens is 6. The van der Waals surface area contributed by atoms with Crippen molar-refractivity contribution in [2.24, 2.45) is 0 Å². The Morgan fingerprint density at radius 3 is 2.84 bits per heavy atom. The largest absolute Gasteiger partial charge is 0.340 e. The van der Waals surface area contributed by atoms with Gasteiger partial charge in [0.25, 0.3) is 0 Å². The van der Waals surface area contributed by atoms with Crippen LogP contribution in [0, 0.1) is 18.3 Å². The highest BCUT2D eigenvalue weighted by molar-refractivity contribution is 6.16. The number of amides is 2. The number of aryl methyl sites for hydroxylation is 1. The molecule has 0 radical (unpaired) electrons. The SMILES string of the molecule is Cc1nn(-c2ncnc3nc[nH]c23)c2c1[C@@]1(CC(=O)N2)C(=O)N(Cc2cccc(C#N)c2)c2ccccc21. The molecule has 184 valence electrons. The van der Waals surface area contributed by atoms with Crippen LogP contribution in [0.4, 0.5) is 11.5 Å². The van der Waals surface area contributed by atoms with Gasteiger partial charge in [-0.15, -0.1) is 0 Å². The molecule has 2 amide bonds. The average molecular weight is 502 g/mol. The highest BCUT2D eigenvalue weighted by Gasteiger charge is 2.58. The summed E-state index contributed by atoms with van der Waals surface area (Å²) in [5.41, 5.74) is 3.80. The molecule has 38 heavy (non-hydrogen) atoms. The molecule has 5 aromatic rings. The number of nitrogens with zero attached hydrogens (tertiary/aromatic N) is 7. The van der Waals surface area contributed by atoms with Gasteiger partial charge in [0.15, 0.2) is 11.5 Å². The van der Waals surface area contributed by atoms with Crippen molar-refractivity contribution in [1.82, 2.24) is 29.7 Å². The first-order valence-corrected chi connectivity index (χ1v) is 12.0. The molecule has 1 atom stereocenters. The Morgan fingerprint density at radius 1 is 1.11 bits per heavy atom. The summed E-state index contributed by atoms with van der Waals surface area (Å²) in [5, 5.41) is 17.0. The average Bonchev–Trinajstić information content (AvgIpc) is 3.60. The van der Waals surface area contributed by atoms with E-state index in [-0.39, 0.29) is 24.8 Å². The number of aromatic amines is 1. The van der Waals surface area contributed by atoms with E-state index >= 15 is 0 Å². The lowest BCUT2D eigenvalue weighted by atomic mass is 9.70. The number of nitriles is 1. The summed E-state index contributed by atoms with van der Waals surface area (Å²) >= 11 is 0.